The van der Waals surface area contributed by atoms with Crippen LogP contribution in [0.4, 0.5) is 5.69 Å². The largest absolute Gasteiger partial charge is 0.465 e. The Morgan fingerprint density at radius 1 is 1.26 bits per heavy atom. The Labute approximate surface area is 109 Å². The van der Waals surface area contributed by atoms with Crippen molar-refractivity contribution in [2.45, 2.75) is 0 Å². The number of fused-ring (bicyclic) bond motifs is 1. The van der Waals surface area contributed by atoms with Gasteiger partial charge < -0.3 is 4.74 Å². The molecule has 2 rings (SSSR count). The maximum atomic E-state index is 11.8. The summed E-state index contributed by atoms with van der Waals surface area (Å²) < 4.78 is 29.5. The van der Waals surface area contributed by atoms with Gasteiger partial charge in [-0.05, 0) is 12.1 Å². The van der Waals surface area contributed by atoms with Crippen LogP contribution in [0.15, 0.2) is 24.5 Å². The van der Waals surface area contributed by atoms with Gasteiger partial charge in [0, 0.05) is 12.4 Å². The molecule has 0 amide bonds. The summed E-state index contributed by atoms with van der Waals surface area (Å²) in [5.74, 6) is -0.683. The number of anilines is 1. The summed E-state index contributed by atoms with van der Waals surface area (Å²) in [6, 6.07) is 3.02. The second kappa shape index (κ2) is 4.81. The zero-order chi connectivity index (χ0) is 14.0. The van der Waals surface area contributed by atoms with Gasteiger partial charge in [-0.1, -0.05) is 0 Å². The highest BCUT2D eigenvalue weighted by Gasteiger charge is 2.19. The van der Waals surface area contributed by atoms with Gasteiger partial charge in [-0.3, -0.25) is 14.7 Å². The summed E-state index contributed by atoms with van der Waals surface area (Å²) in [6.45, 7) is 0. The minimum absolute atomic E-state index is 0.0403. The summed E-state index contributed by atoms with van der Waals surface area (Å²) in [6.07, 6.45) is 3.89. The first-order valence-corrected chi connectivity index (χ1v) is 7.11. The van der Waals surface area contributed by atoms with E-state index in [0.29, 0.717) is 5.52 Å². The van der Waals surface area contributed by atoms with Crippen molar-refractivity contribution in [2.24, 2.45) is 0 Å². The van der Waals surface area contributed by atoms with Crippen molar-refractivity contribution in [3.63, 3.8) is 0 Å². The minimum Gasteiger partial charge on any atom is -0.465 e. The molecule has 100 valence electrons. The molecule has 0 spiro atoms. The zero-order valence-electron chi connectivity index (χ0n) is 10.2. The van der Waals surface area contributed by atoms with E-state index in [-0.39, 0.29) is 16.8 Å². The lowest BCUT2D eigenvalue weighted by atomic mass is 10.1. The van der Waals surface area contributed by atoms with Crippen molar-refractivity contribution < 1.29 is 17.9 Å². The normalized spacial score (nSPS) is 11.3. The van der Waals surface area contributed by atoms with Gasteiger partial charge in [0.15, 0.2) is 0 Å². The predicted molar refractivity (Wildman–Crippen MR) is 69.3 cm³/mol. The topological polar surface area (TPSA) is 98.2 Å². The van der Waals surface area contributed by atoms with E-state index in [0.717, 1.165) is 6.26 Å². The van der Waals surface area contributed by atoms with Crippen LogP contribution in [0.25, 0.3) is 11.0 Å². The van der Waals surface area contributed by atoms with Gasteiger partial charge in [-0.15, -0.1) is 0 Å². The lowest BCUT2D eigenvalue weighted by Gasteiger charge is -2.10. The van der Waals surface area contributed by atoms with Crippen LogP contribution < -0.4 is 4.72 Å². The quantitative estimate of drug-likeness (QED) is 0.835. The molecular weight excluding hydrogens is 270 g/mol. The third-order valence-electron chi connectivity index (χ3n) is 2.33. The molecule has 0 aliphatic heterocycles. The maximum Gasteiger partial charge on any atom is 0.342 e. The van der Waals surface area contributed by atoms with Gasteiger partial charge in [-0.2, -0.15) is 0 Å². The van der Waals surface area contributed by atoms with E-state index in [9.17, 15) is 13.2 Å². The molecule has 0 unspecified atom stereocenters. The summed E-state index contributed by atoms with van der Waals surface area (Å²) in [5, 5.41) is 0. The summed E-state index contributed by atoms with van der Waals surface area (Å²) in [5.41, 5.74) is 0.908. The zero-order valence-corrected chi connectivity index (χ0v) is 11.1. The van der Waals surface area contributed by atoms with Crippen LogP contribution in [0.1, 0.15) is 10.4 Å². The third kappa shape index (κ3) is 2.79. The molecule has 0 atom stereocenters. The molecule has 1 heterocycles. The molecule has 8 heteroatoms. The molecule has 0 bridgehead atoms. The summed E-state index contributed by atoms with van der Waals surface area (Å²) in [4.78, 5) is 19.9. The molecular formula is C11H11N3O4S. The van der Waals surface area contributed by atoms with Crippen molar-refractivity contribution in [3.8, 4) is 0 Å². The average molecular weight is 281 g/mol. The van der Waals surface area contributed by atoms with Gasteiger partial charge in [0.05, 0.1) is 24.6 Å². The first kappa shape index (κ1) is 13.2. The summed E-state index contributed by atoms with van der Waals surface area (Å²) in [7, 11) is -2.31. The highest BCUT2D eigenvalue weighted by Crippen LogP contribution is 2.24. The van der Waals surface area contributed by atoms with Crippen LogP contribution in [0.3, 0.4) is 0 Å². The number of sulfonamides is 1. The molecule has 0 aliphatic carbocycles. The second-order valence-corrected chi connectivity index (χ2v) is 5.53. The number of carbonyl (C=O) groups excluding carboxylic acids is 1. The van der Waals surface area contributed by atoms with E-state index in [1.54, 1.807) is 6.07 Å². The number of nitrogens with zero attached hydrogens (tertiary/aromatic N) is 2. The van der Waals surface area contributed by atoms with Gasteiger partial charge >= 0.3 is 5.97 Å². The standard InChI is InChI=1S/C11H11N3O4S/c1-18-11(15)9-7(14-19(2,16)17)3-4-8-10(9)13-6-5-12-8/h3-6,14H,1-2H3. The molecule has 19 heavy (non-hydrogen) atoms. The van der Waals surface area contributed by atoms with Gasteiger partial charge in [-0.25, -0.2) is 13.2 Å². The van der Waals surface area contributed by atoms with Gasteiger partial charge in [0.2, 0.25) is 10.0 Å². The monoisotopic (exact) mass is 281 g/mol. The lowest BCUT2D eigenvalue weighted by molar-refractivity contribution is 0.0604. The number of esters is 1. The Morgan fingerprint density at radius 3 is 2.58 bits per heavy atom. The number of methoxy groups -OCH3 is 1. The molecule has 0 saturated heterocycles. The van der Waals surface area contributed by atoms with Crippen LogP contribution in [0, 0.1) is 0 Å². The van der Waals surface area contributed by atoms with Crippen LogP contribution in [0.5, 0.6) is 0 Å². The fourth-order valence-corrected chi connectivity index (χ4v) is 2.20. The lowest BCUT2D eigenvalue weighted by Crippen LogP contribution is -2.14. The smallest absolute Gasteiger partial charge is 0.342 e. The molecule has 0 radical (unpaired) electrons. The number of hydrogen-bond acceptors (Lipinski definition) is 6. The molecule has 7 nitrogen and oxygen atoms in total. The highest BCUT2D eigenvalue weighted by molar-refractivity contribution is 7.92. The number of nitrogens with one attached hydrogen (secondary N) is 1. The molecule has 1 N–H and O–H groups in total. The molecule has 0 fully saturated rings. The molecule has 1 aromatic heterocycles. The van der Waals surface area contributed by atoms with E-state index >= 15 is 0 Å². The second-order valence-electron chi connectivity index (χ2n) is 3.78. The fraction of sp³-hybridized carbons (Fsp3) is 0.182. The van der Waals surface area contributed by atoms with Crippen molar-refractivity contribution in [1.29, 1.82) is 0 Å². The van der Waals surface area contributed by atoms with Gasteiger partial charge in [0.25, 0.3) is 0 Å². The minimum atomic E-state index is -3.52. The third-order valence-corrected chi connectivity index (χ3v) is 2.92. The van der Waals surface area contributed by atoms with Crippen LogP contribution in [-0.2, 0) is 14.8 Å². The molecule has 0 saturated carbocycles. The first-order chi connectivity index (χ1) is 8.92. The SMILES string of the molecule is COC(=O)c1c(NS(C)(=O)=O)ccc2nccnc12. The number of carbonyl (C=O) groups is 1. The molecule has 2 aromatic rings. The van der Waals surface area contributed by atoms with Crippen LogP contribution in [-0.4, -0.2) is 37.7 Å². The predicted octanol–water partition coefficient (Wildman–Crippen LogP) is 0.788. The first-order valence-electron chi connectivity index (χ1n) is 5.22. The van der Waals surface area contributed by atoms with Crippen molar-refractivity contribution in [3.05, 3.63) is 30.1 Å². The Hall–Kier alpha value is -2.22. The van der Waals surface area contributed by atoms with Crippen LogP contribution >= 0.6 is 0 Å². The van der Waals surface area contributed by atoms with E-state index in [1.165, 1.54) is 25.6 Å². The fourth-order valence-electron chi connectivity index (χ4n) is 1.63. The average Bonchev–Trinajstić information content (AvgIpc) is 2.36. The molecule has 0 aliphatic rings. The Kier molecular flexibility index (Phi) is 3.34. The maximum absolute atomic E-state index is 11.8. The van der Waals surface area contributed by atoms with Crippen LogP contribution in [0.2, 0.25) is 0 Å². The Balaban J connectivity index is 2.73. The number of rotatable bonds is 3. The van der Waals surface area contributed by atoms with E-state index in [1.807, 2.05) is 0 Å². The van der Waals surface area contributed by atoms with Crippen molar-refractivity contribution in [1.82, 2.24) is 9.97 Å². The van der Waals surface area contributed by atoms with Crippen molar-refractivity contribution in [2.75, 3.05) is 18.1 Å². The number of aromatic nitrogens is 2. The van der Waals surface area contributed by atoms with Crippen molar-refractivity contribution >= 4 is 32.7 Å². The van der Waals surface area contributed by atoms with Gasteiger partial charge in [0.1, 0.15) is 11.1 Å². The number of hydrogen-bond donors (Lipinski definition) is 1. The Morgan fingerprint density at radius 2 is 1.95 bits per heavy atom. The molecule has 1 aromatic carbocycles. The highest BCUT2D eigenvalue weighted by atomic mass is 32.2. The Bertz CT molecular complexity index is 743. The number of ether oxygens (including phenoxy) is 1. The number of benzene rings is 1. The van der Waals surface area contributed by atoms with E-state index < -0.39 is 16.0 Å². The van der Waals surface area contributed by atoms with E-state index in [2.05, 4.69) is 19.4 Å². The summed E-state index contributed by atoms with van der Waals surface area (Å²) >= 11 is 0. The van der Waals surface area contributed by atoms with E-state index in [4.69, 9.17) is 0 Å².